The van der Waals surface area contributed by atoms with E-state index in [1.165, 1.54) is 0 Å². The van der Waals surface area contributed by atoms with E-state index in [4.69, 9.17) is 9.47 Å². The second kappa shape index (κ2) is 9.14. The number of aliphatic hydroxyl groups is 1. The van der Waals surface area contributed by atoms with Crippen LogP contribution in [0, 0.1) is 0 Å². The Morgan fingerprint density at radius 1 is 1.04 bits per heavy atom. The van der Waals surface area contributed by atoms with Gasteiger partial charge in [-0.15, -0.1) is 0 Å². The molecule has 0 saturated heterocycles. The fraction of sp³-hybridized carbons (Fsp3) is 0.684. The molecule has 1 rings (SSSR count). The summed E-state index contributed by atoms with van der Waals surface area (Å²) in [6.45, 7) is 15.7. The molecule has 0 aromatic heterocycles. The van der Waals surface area contributed by atoms with Crippen LogP contribution in [0.15, 0.2) is 18.2 Å². The Hall–Kier alpha value is -1.26. The minimum Gasteiger partial charge on any atom is -0.490 e. The lowest BCUT2D eigenvalue weighted by atomic mass is 10.0. The van der Waals surface area contributed by atoms with Gasteiger partial charge in [0, 0.05) is 12.1 Å². The summed E-state index contributed by atoms with van der Waals surface area (Å²) in [6.07, 6.45) is 0.200. The maximum atomic E-state index is 10.5. The van der Waals surface area contributed by atoms with Crippen LogP contribution in [0.2, 0.25) is 0 Å². The lowest BCUT2D eigenvalue weighted by Gasteiger charge is -2.35. The second-order valence-corrected chi connectivity index (χ2v) is 6.63. The van der Waals surface area contributed by atoms with E-state index in [1.54, 1.807) is 0 Å². The van der Waals surface area contributed by atoms with E-state index in [0.29, 0.717) is 25.4 Å². The standard InChI is InChI=1S/C19H33NO3/c1-7-20(19(4,5)6)13-12-16(21)15-10-11-17(22-8-2)18(14-15)23-9-3/h10-11,14,16,21H,7-9,12-13H2,1-6H3. The quantitative estimate of drug-likeness (QED) is 0.745. The van der Waals surface area contributed by atoms with Crippen LogP contribution < -0.4 is 9.47 Å². The zero-order valence-electron chi connectivity index (χ0n) is 15.6. The Balaban J connectivity index is 2.79. The number of rotatable bonds is 9. The molecular weight excluding hydrogens is 290 g/mol. The van der Waals surface area contributed by atoms with Gasteiger partial charge in [-0.25, -0.2) is 0 Å². The van der Waals surface area contributed by atoms with Gasteiger partial charge in [-0.2, -0.15) is 0 Å². The third kappa shape index (κ3) is 6.04. The molecule has 1 unspecified atom stereocenters. The van der Waals surface area contributed by atoms with Crippen LogP contribution in [0.25, 0.3) is 0 Å². The summed E-state index contributed by atoms with van der Waals surface area (Å²) < 4.78 is 11.2. The van der Waals surface area contributed by atoms with Crippen molar-refractivity contribution in [3.8, 4) is 11.5 Å². The van der Waals surface area contributed by atoms with Crippen molar-refractivity contribution in [3.63, 3.8) is 0 Å². The summed E-state index contributed by atoms with van der Waals surface area (Å²) in [4.78, 5) is 2.37. The van der Waals surface area contributed by atoms with Crippen molar-refractivity contribution in [2.24, 2.45) is 0 Å². The van der Waals surface area contributed by atoms with Crippen LogP contribution in [0.3, 0.4) is 0 Å². The van der Waals surface area contributed by atoms with Gasteiger partial charge in [-0.3, -0.25) is 4.90 Å². The highest BCUT2D eigenvalue weighted by Gasteiger charge is 2.21. The van der Waals surface area contributed by atoms with Gasteiger partial charge < -0.3 is 14.6 Å². The fourth-order valence-corrected chi connectivity index (χ4v) is 2.69. The van der Waals surface area contributed by atoms with Crippen molar-refractivity contribution in [3.05, 3.63) is 23.8 Å². The first-order valence-corrected chi connectivity index (χ1v) is 8.66. The van der Waals surface area contributed by atoms with Gasteiger partial charge in [0.2, 0.25) is 0 Å². The first-order valence-electron chi connectivity index (χ1n) is 8.66. The van der Waals surface area contributed by atoms with Crippen LogP contribution in [0.1, 0.15) is 59.6 Å². The predicted molar refractivity (Wildman–Crippen MR) is 95.4 cm³/mol. The van der Waals surface area contributed by atoms with Crippen LogP contribution in [-0.2, 0) is 0 Å². The van der Waals surface area contributed by atoms with Crippen molar-refractivity contribution in [2.45, 2.75) is 59.6 Å². The highest BCUT2D eigenvalue weighted by atomic mass is 16.5. The van der Waals surface area contributed by atoms with Crippen molar-refractivity contribution in [1.82, 2.24) is 4.90 Å². The van der Waals surface area contributed by atoms with Crippen molar-refractivity contribution in [2.75, 3.05) is 26.3 Å². The average molecular weight is 323 g/mol. The summed E-state index contributed by atoms with van der Waals surface area (Å²) >= 11 is 0. The van der Waals surface area contributed by atoms with Crippen LogP contribution in [-0.4, -0.2) is 41.8 Å². The molecule has 1 N–H and O–H groups in total. The van der Waals surface area contributed by atoms with Gasteiger partial charge in [-0.05, 0) is 65.3 Å². The molecule has 4 nitrogen and oxygen atoms in total. The van der Waals surface area contributed by atoms with E-state index >= 15 is 0 Å². The molecule has 0 spiro atoms. The van der Waals surface area contributed by atoms with Gasteiger partial charge in [-0.1, -0.05) is 13.0 Å². The van der Waals surface area contributed by atoms with Gasteiger partial charge in [0.05, 0.1) is 19.3 Å². The van der Waals surface area contributed by atoms with Crippen molar-refractivity contribution >= 4 is 0 Å². The molecule has 0 bridgehead atoms. The first-order chi connectivity index (χ1) is 10.8. The van der Waals surface area contributed by atoms with Gasteiger partial charge in [0.1, 0.15) is 0 Å². The normalized spacial score (nSPS) is 13.2. The Labute approximate surface area is 141 Å². The molecule has 1 aromatic rings. The third-order valence-corrected chi connectivity index (χ3v) is 3.96. The second-order valence-electron chi connectivity index (χ2n) is 6.63. The molecule has 23 heavy (non-hydrogen) atoms. The number of nitrogens with zero attached hydrogens (tertiary/aromatic N) is 1. The Kier molecular flexibility index (Phi) is 7.86. The topological polar surface area (TPSA) is 41.9 Å². The molecule has 0 heterocycles. The smallest absolute Gasteiger partial charge is 0.161 e. The average Bonchev–Trinajstić information content (AvgIpc) is 2.48. The largest absolute Gasteiger partial charge is 0.490 e. The van der Waals surface area contributed by atoms with E-state index in [0.717, 1.165) is 24.4 Å². The first kappa shape index (κ1) is 19.8. The van der Waals surface area contributed by atoms with E-state index in [9.17, 15) is 5.11 Å². The summed E-state index contributed by atoms with van der Waals surface area (Å²) in [5.41, 5.74) is 0.992. The summed E-state index contributed by atoms with van der Waals surface area (Å²) in [5, 5.41) is 10.5. The Morgan fingerprint density at radius 2 is 1.65 bits per heavy atom. The maximum Gasteiger partial charge on any atom is 0.161 e. The molecule has 1 atom stereocenters. The molecule has 0 radical (unpaired) electrons. The minimum absolute atomic E-state index is 0.115. The minimum atomic E-state index is -0.499. The number of ether oxygens (including phenoxy) is 2. The summed E-state index contributed by atoms with van der Waals surface area (Å²) in [5.74, 6) is 1.43. The van der Waals surface area contributed by atoms with E-state index in [-0.39, 0.29) is 5.54 Å². The van der Waals surface area contributed by atoms with Crippen LogP contribution in [0.4, 0.5) is 0 Å². The maximum absolute atomic E-state index is 10.5. The SMILES string of the molecule is CCOc1ccc(C(O)CCN(CC)C(C)(C)C)cc1OCC. The molecule has 1 aromatic carbocycles. The zero-order chi connectivity index (χ0) is 17.5. The zero-order valence-corrected chi connectivity index (χ0v) is 15.6. The summed E-state index contributed by atoms with van der Waals surface area (Å²) in [7, 11) is 0. The molecule has 0 fully saturated rings. The van der Waals surface area contributed by atoms with E-state index < -0.39 is 6.10 Å². The number of aliphatic hydroxyl groups excluding tert-OH is 1. The van der Waals surface area contributed by atoms with E-state index in [2.05, 4.69) is 32.6 Å². The molecule has 132 valence electrons. The van der Waals surface area contributed by atoms with Crippen molar-refractivity contribution in [1.29, 1.82) is 0 Å². The van der Waals surface area contributed by atoms with Gasteiger partial charge in [0.25, 0.3) is 0 Å². The highest BCUT2D eigenvalue weighted by molar-refractivity contribution is 5.43. The number of hydrogen-bond donors (Lipinski definition) is 1. The fourth-order valence-electron chi connectivity index (χ4n) is 2.69. The number of benzene rings is 1. The molecule has 0 amide bonds. The number of hydrogen-bond acceptors (Lipinski definition) is 4. The monoisotopic (exact) mass is 323 g/mol. The molecular formula is C19H33NO3. The van der Waals surface area contributed by atoms with E-state index in [1.807, 2.05) is 32.0 Å². The van der Waals surface area contributed by atoms with Crippen molar-refractivity contribution < 1.29 is 14.6 Å². The van der Waals surface area contributed by atoms with Crippen LogP contribution in [0.5, 0.6) is 11.5 Å². The molecule has 0 saturated carbocycles. The third-order valence-electron chi connectivity index (χ3n) is 3.96. The Bertz CT molecular complexity index is 468. The molecule has 4 heteroatoms. The molecule has 0 aliphatic carbocycles. The lowest BCUT2D eigenvalue weighted by molar-refractivity contribution is 0.0995. The highest BCUT2D eigenvalue weighted by Crippen LogP contribution is 2.32. The van der Waals surface area contributed by atoms with Crippen LogP contribution >= 0.6 is 0 Å². The Morgan fingerprint density at radius 3 is 2.17 bits per heavy atom. The molecule has 0 aliphatic rings. The predicted octanol–water partition coefficient (Wildman–Crippen LogP) is 4.03. The van der Waals surface area contributed by atoms with Gasteiger partial charge in [0.15, 0.2) is 11.5 Å². The summed E-state index contributed by atoms with van der Waals surface area (Å²) in [6, 6.07) is 5.70. The lowest BCUT2D eigenvalue weighted by Crippen LogP contribution is -2.42. The van der Waals surface area contributed by atoms with Gasteiger partial charge >= 0.3 is 0 Å². The molecule has 0 aliphatic heterocycles.